The number of carbonyl (C=O) groups excluding carboxylic acids is 1. The van der Waals surface area contributed by atoms with Gasteiger partial charge in [0.1, 0.15) is 5.75 Å². The number of benzene rings is 2. The Bertz CT molecular complexity index is 958. The van der Waals surface area contributed by atoms with Crippen molar-refractivity contribution in [2.24, 2.45) is 0 Å². The van der Waals surface area contributed by atoms with Gasteiger partial charge in [0, 0.05) is 16.0 Å². The van der Waals surface area contributed by atoms with Gasteiger partial charge in [-0.25, -0.2) is 0 Å². The van der Waals surface area contributed by atoms with Gasteiger partial charge in [-0.3, -0.25) is 4.79 Å². The lowest BCUT2D eigenvalue weighted by molar-refractivity contribution is 0.104. The molecule has 0 bridgehead atoms. The topological polar surface area (TPSA) is 44.8 Å². The first-order valence-corrected chi connectivity index (χ1v) is 9.20. The first kappa shape index (κ1) is 18.7. The minimum Gasteiger partial charge on any atom is -0.496 e. The average Bonchev–Trinajstić information content (AvgIpc) is 3.26. The fraction of sp³-hybridized carbons (Fsp3) is 0.136. The van der Waals surface area contributed by atoms with Crippen molar-refractivity contribution >= 4 is 23.2 Å². The number of rotatable bonds is 7. The molecule has 0 saturated heterocycles. The quantitative estimate of drug-likeness (QED) is 0.410. The van der Waals surface area contributed by atoms with E-state index in [2.05, 4.69) is 6.07 Å². The largest absolute Gasteiger partial charge is 0.496 e. The summed E-state index contributed by atoms with van der Waals surface area (Å²) in [5.41, 5.74) is 2.46. The molecule has 0 N–H and O–H groups in total. The summed E-state index contributed by atoms with van der Waals surface area (Å²) in [5.74, 6) is 1.70. The summed E-state index contributed by atoms with van der Waals surface area (Å²) in [6, 6.07) is 15.1. The molecule has 0 radical (unpaired) electrons. The van der Waals surface area contributed by atoms with Crippen LogP contribution in [0.15, 0.2) is 60.0 Å². The summed E-state index contributed by atoms with van der Waals surface area (Å²) in [6.45, 7) is 0. The molecule has 0 saturated carbocycles. The first-order chi connectivity index (χ1) is 13.2. The van der Waals surface area contributed by atoms with Crippen molar-refractivity contribution < 1.29 is 19.0 Å². The van der Waals surface area contributed by atoms with E-state index in [4.69, 9.17) is 14.2 Å². The number of hydrogen-bond acceptors (Lipinski definition) is 5. The molecule has 0 aliphatic carbocycles. The maximum absolute atomic E-state index is 12.6. The molecule has 2 aromatic carbocycles. The van der Waals surface area contributed by atoms with E-state index >= 15 is 0 Å². The Morgan fingerprint density at radius 1 is 0.889 bits per heavy atom. The highest BCUT2D eigenvalue weighted by Crippen LogP contribution is 2.31. The van der Waals surface area contributed by atoms with E-state index in [0.29, 0.717) is 22.8 Å². The lowest BCUT2D eigenvalue weighted by atomic mass is 10.1. The van der Waals surface area contributed by atoms with E-state index in [1.54, 1.807) is 56.9 Å². The predicted octanol–water partition coefficient (Wildman–Crippen LogP) is 5.34. The number of methoxy groups -OCH3 is 3. The zero-order chi connectivity index (χ0) is 19.2. The van der Waals surface area contributed by atoms with E-state index in [-0.39, 0.29) is 5.78 Å². The van der Waals surface area contributed by atoms with Gasteiger partial charge in [0.05, 0.1) is 21.3 Å². The molecule has 0 spiro atoms. The highest BCUT2D eigenvalue weighted by molar-refractivity contribution is 7.13. The number of carbonyl (C=O) groups is 1. The summed E-state index contributed by atoms with van der Waals surface area (Å²) in [5, 5.41) is 2.04. The number of ketones is 1. The predicted molar refractivity (Wildman–Crippen MR) is 109 cm³/mol. The molecule has 27 heavy (non-hydrogen) atoms. The van der Waals surface area contributed by atoms with Gasteiger partial charge >= 0.3 is 0 Å². The van der Waals surface area contributed by atoms with Crippen molar-refractivity contribution in [2.45, 2.75) is 0 Å². The second-order valence-corrected chi connectivity index (χ2v) is 6.65. The summed E-state index contributed by atoms with van der Waals surface area (Å²) < 4.78 is 15.9. The number of thiophene rings is 1. The Kier molecular flexibility index (Phi) is 5.94. The molecule has 0 fully saturated rings. The summed E-state index contributed by atoms with van der Waals surface area (Å²) >= 11 is 1.67. The van der Waals surface area contributed by atoms with Crippen LogP contribution >= 0.6 is 11.3 Å². The normalized spacial score (nSPS) is 10.8. The van der Waals surface area contributed by atoms with Gasteiger partial charge in [0.2, 0.25) is 0 Å². The molecule has 3 aromatic rings. The first-order valence-electron chi connectivity index (χ1n) is 8.32. The zero-order valence-corrected chi connectivity index (χ0v) is 16.2. The van der Waals surface area contributed by atoms with E-state index < -0.39 is 0 Å². The zero-order valence-electron chi connectivity index (χ0n) is 15.4. The highest BCUT2D eigenvalue weighted by Gasteiger charge is 2.10. The molecule has 138 valence electrons. The van der Waals surface area contributed by atoms with E-state index in [1.165, 1.54) is 11.0 Å². The van der Waals surface area contributed by atoms with E-state index in [1.807, 2.05) is 29.6 Å². The summed E-state index contributed by atoms with van der Waals surface area (Å²) in [6.07, 6.45) is 3.31. The molecule has 0 atom stereocenters. The van der Waals surface area contributed by atoms with Gasteiger partial charge in [-0.15, -0.1) is 11.3 Å². The van der Waals surface area contributed by atoms with Crippen LogP contribution in [0.3, 0.4) is 0 Å². The van der Waals surface area contributed by atoms with Gasteiger partial charge < -0.3 is 14.2 Å². The number of hydrogen-bond donors (Lipinski definition) is 0. The van der Waals surface area contributed by atoms with Crippen molar-refractivity contribution in [1.82, 2.24) is 0 Å². The minimum absolute atomic E-state index is 0.125. The van der Waals surface area contributed by atoms with Crippen LogP contribution in [0.4, 0.5) is 0 Å². The molecule has 1 heterocycles. The second kappa shape index (κ2) is 8.56. The minimum atomic E-state index is -0.125. The van der Waals surface area contributed by atoms with Crippen molar-refractivity contribution in [1.29, 1.82) is 0 Å². The smallest absolute Gasteiger partial charge is 0.185 e. The molecule has 4 nitrogen and oxygen atoms in total. The fourth-order valence-electron chi connectivity index (χ4n) is 2.71. The Labute approximate surface area is 162 Å². The van der Waals surface area contributed by atoms with Crippen molar-refractivity contribution in [3.05, 3.63) is 71.1 Å². The molecular weight excluding hydrogens is 360 g/mol. The Morgan fingerprint density at radius 2 is 1.63 bits per heavy atom. The third-order valence-electron chi connectivity index (χ3n) is 4.12. The Balaban J connectivity index is 1.88. The monoisotopic (exact) mass is 380 g/mol. The van der Waals surface area contributed by atoms with Gasteiger partial charge in [-0.2, -0.15) is 0 Å². The third kappa shape index (κ3) is 4.20. The molecule has 0 aliphatic heterocycles. The summed E-state index contributed by atoms with van der Waals surface area (Å²) in [4.78, 5) is 13.7. The molecule has 0 amide bonds. The summed E-state index contributed by atoms with van der Waals surface area (Å²) in [7, 11) is 4.72. The van der Waals surface area contributed by atoms with Crippen LogP contribution < -0.4 is 14.2 Å². The lowest BCUT2D eigenvalue weighted by Gasteiger charge is -2.08. The molecule has 0 aliphatic rings. The fourth-order valence-corrected chi connectivity index (χ4v) is 3.44. The lowest BCUT2D eigenvalue weighted by Crippen LogP contribution is -1.97. The molecule has 3 rings (SSSR count). The van der Waals surface area contributed by atoms with Crippen molar-refractivity contribution in [3.8, 4) is 27.7 Å². The van der Waals surface area contributed by atoms with Crippen LogP contribution in [0.25, 0.3) is 16.5 Å². The third-order valence-corrected chi connectivity index (χ3v) is 5.04. The SMILES string of the molecule is COc1ccc(-c2cccs2)cc1C=CC(=O)c1ccc(OC)c(OC)c1. The van der Waals surface area contributed by atoms with E-state index in [9.17, 15) is 4.79 Å². The average molecular weight is 380 g/mol. The van der Waals surface area contributed by atoms with Gasteiger partial charge in [-0.1, -0.05) is 6.07 Å². The standard InChI is InChI=1S/C22H20O4S/c1-24-19-10-8-17(22-5-4-12-27-22)13-16(19)6-9-18(23)15-7-11-20(25-2)21(14-15)26-3/h4-14H,1-3H3. The van der Waals surface area contributed by atoms with Crippen LogP contribution in [0, 0.1) is 0 Å². The van der Waals surface area contributed by atoms with E-state index in [0.717, 1.165) is 11.1 Å². The second-order valence-electron chi connectivity index (χ2n) is 5.70. The van der Waals surface area contributed by atoms with Gasteiger partial charge in [-0.05, 0) is 65.6 Å². The maximum Gasteiger partial charge on any atom is 0.185 e. The van der Waals surface area contributed by atoms with Crippen LogP contribution in [-0.2, 0) is 0 Å². The molecule has 5 heteroatoms. The van der Waals surface area contributed by atoms with Gasteiger partial charge in [0.15, 0.2) is 17.3 Å². The molecule has 0 unspecified atom stereocenters. The van der Waals surface area contributed by atoms with Crippen LogP contribution in [0.1, 0.15) is 15.9 Å². The van der Waals surface area contributed by atoms with Crippen LogP contribution in [0.2, 0.25) is 0 Å². The molecule has 1 aromatic heterocycles. The van der Waals surface area contributed by atoms with Crippen LogP contribution in [-0.4, -0.2) is 27.1 Å². The Hall–Kier alpha value is -3.05. The maximum atomic E-state index is 12.6. The molecular formula is C22H20O4S. The van der Waals surface area contributed by atoms with Crippen molar-refractivity contribution in [2.75, 3.05) is 21.3 Å². The number of allylic oxidation sites excluding steroid dienone is 1. The van der Waals surface area contributed by atoms with Crippen molar-refractivity contribution in [3.63, 3.8) is 0 Å². The van der Waals surface area contributed by atoms with Gasteiger partial charge in [0.25, 0.3) is 0 Å². The van der Waals surface area contributed by atoms with Crippen LogP contribution in [0.5, 0.6) is 17.2 Å². The Morgan fingerprint density at radius 3 is 2.30 bits per heavy atom. The number of ether oxygens (including phenoxy) is 3. The highest BCUT2D eigenvalue weighted by atomic mass is 32.1.